The fraction of sp³-hybridized carbons (Fsp3) is 0.833. The Morgan fingerprint density at radius 3 is 2.71 bits per heavy atom. The lowest BCUT2D eigenvalue weighted by molar-refractivity contribution is 0.212. The van der Waals surface area contributed by atoms with E-state index in [1.807, 2.05) is 6.08 Å². The molecule has 1 fully saturated rings. The molecule has 1 N–H and O–H groups in total. The van der Waals surface area contributed by atoms with E-state index in [0.717, 1.165) is 18.9 Å². The third kappa shape index (κ3) is 4.77. The molecule has 0 amide bonds. The van der Waals surface area contributed by atoms with Crippen molar-refractivity contribution in [3.8, 4) is 0 Å². The minimum Gasteiger partial charge on any atom is -0.316 e. The Morgan fingerprint density at radius 1 is 1.36 bits per heavy atom. The molecule has 1 aliphatic heterocycles. The Kier molecular flexibility index (Phi) is 5.88. The van der Waals surface area contributed by atoms with E-state index in [1.54, 1.807) is 0 Å². The topological polar surface area (TPSA) is 15.3 Å². The molecule has 0 atom stereocenters. The van der Waals surface area contributed by atoms with Crippen molar-refractivity contribution in [1.82, 2.24) is 10.2 Å². The van der Waals surface area contributed by atoms with Gasteiger partial charge >= 0.3 is 0 Å². The molecule has 1 saturated heterocycles. The molecule has 0 unspecified atom stereocenters. The second kappa shape index (κ2) is 7.02. The van der Waals surface area contributed by atoms with Crippen molar-refractivity contribution in [3.63, 3.8) is 0 Å². The van der Waals surface area contributed by atoms with Crippen molar-refractivity contribution < 1.29 is 0 Å². The first-order valence-electron chi connectivity index (χ1n) is 5.83. The molecule has 0 saturated carbocycles. The zero-order valence-electron chi connectivity index (χ0n) is 9.47. The third-order valence-corrected chi connectivity index (χ3v) is 3.09. The maximum Gasteiger partial charge on any atom is -0.00144 e. The van der Waals surface area contributed by atoms with Crippen LogP contribution in [0.3, 0.4) is 0 Å². The van der Waals surface area contributed by atoms with Crippen LogP contribution in [0.25, 0.3) is 0 Å². The van der Waals surface area contributed by atoms with Gasteiger partial charge in [0.15, 0.2) is 0 Å². The molecule has 14 heavy (non-hydrogen) atoms. The molecular formula is C12H24N2. The van der Waals surface area contributed by atoms with E-state index in [1.165, 1.54) is 38.9 Å². The highest BCUT2D eigenvalue weighted by molar-refractivity contribution is 4.71. The fourth-order valence-electron chi connectivity index (χ4n) is 1.99. The molecule has 1 rings (SSSR count). The van der Waals surface area contributed by atoms with Gasteiger partial charge in [-0.05, 0) is 64.8 Å². The molecule has 2 heteroatoms. The van der Waals surface area contributed by atoms with E-state index < -0.39 is 0 Å². The molecule has 0 aromatic rings. The minimum atomic E-state index is 0.961. The largest absolute Gasteiger partial charge is 0.316 e. The summed E-state index contributed by atoms with van der Waals surface area (Å²) in [7, 11) is 2.22. The highest BCUT2D eigenvalue weighted by Crippen LogP contribution is 2.18. The normalized spacial score (nSPS) is 19.8. The number of hydrogen-bond acceptors (Lipinski definition) is 2. The van der Waals surface area contributed by atoms with E-state index in [0.29, 0.717) is 0 Å². The summed E-state index contributed by atoms with van der Waals surface area (Å²) in [5.41, 5.74) is 0. The summed E-state index contributed by atoms with van der Waals surface area (Å²) in [6.07, 6.45) is 7.19. The Balaban J connectivity index is 1.93. The van der Waals surface area contributed by atoms with Crippen LogP contribution in [0.15, 0.2) is 12.7 Å². The quantitative estimate of drug-likeness (QED) is 0.515. The van der Waals surface area contributed by atoms with Crippen LogP contribution < -0.4 is 5.32 Å². The van der Waals surface area contributed by atoms with Gasteiger partial charge in [-0.1, -0.05) is 6.08 Å². The average molecular weight is 196 g/mol. The number of likely N-dealkylation sites (tertiary alicyclic amines) is 1. The van der Waals surface area contributed by atoms with Crippen LogP contribution in [0.5, 0.6) is 0 Å². The fourth-order valence-corrected chi connectivity index (χ4v) is 1.99. The van der Waals surface area contributed by atoms with E-state index in [2.05, 4.69) is 23.8 Å². The summed E-state index contributed by atoms with van der Waals surface area (Å²) in [6.45, 7) is 8.57. The Bertz CT molecular complexity index is 148. The Morgan fingerprint density at radius 2 is 2.07 bits per heavy atom. The minimum absolute atomic E-state index is 0.961. The van der Waals surface area contributed by atoms with Gasteiger partial charge in [0.1, 0.15) is 0 Å². The summed E-state index contributed by atoms with van der Waals surface area (Å²) >= 11 is 0. The second-order valence-electron chi connectivity index (χ2n) is 4.36. The van der Waals surface area contributed by atoms with E-state index in [4.69, 9.17) is 0 Å². The van der Waals surface area contributed by atoms with Gasteiger partial charge in [-0.3, -0.25) is 0 Å². The van der Waals surface area contributed by atoms with Crippen LogP contribution in [0, 0.1) is 5.92 Å². The van der Waals surface area contributed by atoms with Crippen LogP contribution >= 0.6 is 0 Å². The maximum atomic E-state index is 3.71. The zero-order chi connectivity index (χ0) is 10.2. The first-order chi connectivity index (χ1) is 6.83. The lowest BCUT2D eigenvalue weighted by atomic mass is 9.94. The SMILES string of the molecule is C=CCCNCCC1CCN(C)CC1. The van der Waals surface area contributed by atoms with Gasteiger partial charge in [0, 0.05) is 0 Å². The van der Waals surface area contributed by atoms with Crippen molar-refractivity contribution in [2.45, 2.75) is 25.7 Å². The van der Waals surface area contributed by atoms with Crippen LogP contribution in [-0.2, 0) is 0 Å². The molecular weight excluding hydrogens is 172 g/mol. The zero-order valence-corrected chi connectivity index (χ0v) is 9.47. The van der Waals surface area contributed by atoms with Gasteiger partial charge in [0.2, 0.25) is 0 Å². The van der Waals surface area contributed by atoms with Crippen LogP contribution in [0.4, 0.5) is 0 Å². The standard InChI is InChI=1S/C12H24N2/c1-3-4-8-13-9-5-12-6-10-14(2)11-7-12/h3,12-13H,1,4-11H2,2H3. The molecule has 82 valence electrons. The Labute approximate surface area is 88.4 Å². The Hall–Kier alpha value is -0.340. The summed E-state index contributed by atoms with van der Waals surface area (Å²) in [5.74, 6) is 0.961. The second-order valence-corrected chi connectivity index (χ2v) is 4.36. The van der Waals surface area contributed by atoms with Crippen molar-refractivity contribution in [1.29, 1.82) is 0 Å². The molecule has 0 radical (unpaired) electrons. The summed E-state index contributed by atoms with van der Waals surface area (Å²) in [5, 5.41) is 3.46. The highest BCUT2D eigenvalue weighted by atomic mass is 15.1. The first-order valence-corrected chi connectivity index (χ1v) is 5.83. The number of nitrogens with zero attached hydrogens (tertiary/aromatic N) is 1. The van der Waals surface area contributed by atoms with Crippen LogP contribution in [0.1, 0.15) is 25.7 Å². The van der Waals surface area contributed by atoms with Crippen LogP contribution in [-0.4, -0.2) is 38.1 Å². The third-order valence-electron chi connectivity index (χ3n) is 3.09. The van der Waals surface area contributed by atoms with Crippen molar-refractivity contribution in [3.05, 3.63) is 12.7 Å². The van der Waals surface area contributed by atoms with E-state index in [9.17, 15) is 0 Å². The summed E-state index contributed by atoms with van der Waals surface area (Å²) < 4.78 is 0. The van der Waals surface area contributed by atoms with Gasteiger partial charge in [0.25, 0.3) is 0 Å². The van der Waals surface area contributed by atoms with Crippen molar-refractivity contribution in [2.75, 3.05) is 33.2 Å². The molecule has 0 aromatic carbocycles. The summed E-state index contributed by atoms with van der Waals surface area (Å²) in [6, 6.07) is 0. The molecule has 0 spiro atoms. The van der Waals surface area contributed by atoms with Gasteiger partial charge in [-0.15, -0.1) is 6.58 Å². The molecule has 0 bridgehead atoms. The molecule has 1 heterocycles. The molecule has 2 nitrogen and oxygen atoms in total. The molecule has 1 aliphatic rings. The predicted octanol–water partition coefficient (Wildman–Crippen LogP) is 1.88. The van der Waals surface area contributed by atoms with Crippen LogP contribution in [0.2, 0.25) is 0 Å². The molecule has 0 aliphatic carbocycles. The number of nitrogens with one attached hydrogen (secondary N) is 1. The number of hydrogen-bond donors (Lipinski definition) is 1. The average Bonchev–Trinajstić information content (AvgIpc) is 2.21. The van der Waals surface area contributed by atoms with Gasteiger partial charge in [0.05, 0.1) is 0 Å². The lowest BCUT2D eigenvalue weighted by Gasteiger charge is -2.28. The van der Waals surface area contributed by atoms with E-state index >= 15 is 0 Å². The monoisotopic (exact) mass is 196 g/mol. The first kappa shape index (κ1) is 11.7. The number of rotatable bonds is 6. The van der Waals surface area contributed by atoms with Gasteiger partial charge in [-0.25, -0.2) is 0 Å². The highest BCUT2D eigenvalue weighted by Gasteiger charge is 2.15. The smallest absolute Gasteiger partial charge is 0.00144 e. The van der Waals surface area contributed by atoms with Gasteiger partial charge in [-0.2, -0.15) is 0 Å². The van der Waals surface area contributed by atoms with Crippen molar-refractivity contribution in [2.24, 2.45) is 5.92 Å². The predicted molar refractivity (Wildman–Crippen MR) is 62.5 cm³/mol. The number of piperidine rings is 1. The lowest BCUT2D eigenvalue weighted by Crippen LogP contribution is -2.31. The van der Waals surface area contributed by atoms with Crippen molar-refractivity contribution >= 4 is 0 Å². The molecule has 0 aromatic heterocycles. The van der Waals surface area contributed by atoms with Gasteiger partial charge < -0.3 is 10.2 Å². The summed E-state index contributed by atoms with van der Waals surface area (Å²) in [4.78, 5) is 2.43. The van der Waals surface area contributed by atoms with E-state index in [-0.39, 0.29) is 0 Å². The maximum absolute atomic E-state index is 3.71.